The van der Waals surface area contributed by atoms with Crippen molar-refractivity contribution in [2.45, 2.75) is 32.1 Å². The van der Waals surface area contributed by atoms with Crippen molar-refractivity contribution >= 4 is 46.5 Å². The molecule has 0 bridgehead atoms. The Morgan fingerprint density at radius 2 is 1.38 bits per heavy atom. The number of hydrogen-bond acceptors (Lipinski definition) is 6. The Morgan fingerprint density at radius 1 is 0.750 bits per heavy atom. The normalized spacial score (nSPS) is 12.5. The molecule has 1 aliphatic rings. The number of carbonyl (C=O) groups is 1. The van der Waals surface area contributed by atoms with Crippen LogP contribution in [0.5, 0.6) is 0 Å². The highest BCUT2D eigenvalue weighted by molar-refractivity contribution is 7.16. The van der Waals surface area contributed by atoms with Gasteiger partial charge in [-0.15, -0.1) is 11.3 Å². The molecule has 5 aromatic rings. The monoisotopic (exact) mass is 642 g/mol. The summed E-state index contributed by atoms with van der Waals surface area (Å²) in [6.07, 6.45) is 4.82. The predicted octanol–water partition coefficient (Wildman–Crippen LogP) is 10.4. The topological polar surface area (TPSA) is 112 Å². The fourth-order valence-electron chi connectivity index (χ4n) is 6.66. The summed E-state index contributed by atoms with van der Waals surface area (Å²) in [5.74, 6) is -1.23. The second-order valence-electron chi connectivity index (χ2n) is 11.5. The van der Waals surface area contributed by atoms with Gasteiger partial charge in [0, 0.05) is 32.2 Å². The van der Waals surface area contributed by atoms with Crippen molar-refractivity contribution in [3.63, 3.8) is 0 Å². The minimum absolute atomic E-state index is 0.0576. The van der Waals surface area contributed by atoms with E-state index >= 15 is 0 Å². The van der Waals surface area contributed by atoms with Crippen LogP contribution >= 0.6 is 11.3 Å². The van der Waals surface area contributed by atoms with Crippen molar-refractivity contribution in [1.29, 1.82) is 15.8 Å². The fourth-order valence-corrected chi connectivity index (χ4v) is 7.60. The van der Waals surface area contributed by atoms with Crippen LogP contribution in [0.15, 0.2) is 114 Å². The number of thiophene rings is 1. The van der Waals surface area contributed by atoms with Crippen LogP contribution in [0.3, 0.4) is 0 Å². The smallest absolute Gasteiger partial charge is 0.346 e. The first kappa shape index (κ1) is 31.8. The molecule has 232 valence electrons. The van der Waals surface area contributed by atoms with Crippen LogP contribution in [-0.4, -0.2) is 11.1 Å². The molecule has 0 radical (unpaired) electrons. The molecule has 0 atom stereocenters. The summed E-state index contributed by atoms with van der Waals surface area (Å²) >= 11 is 1.47. The maximum absolute atomic E-state index is 11.4. The van der Waals surface area contributed by atoms with Crippen LogP contribution < -0.4 is 4.90 Å². The average Bonchev–Trinajstić information content (AvgIpc) is 3.70. The maximum atomic E-state index is 11.4. The van der Waals surface area contributed by atoms with Crippen molar-refractivity contribution in [1.82, 2.24) is 0 Å². The lowest BCUT2D eigenvalue weighted by molar-refractivity contribution is -0.132. The molecule has 1 aromatic heterocycles. The summed E-state index contributed by atoms with van der Waals surface area (Å²) in [5, 5.41) is 36.9. The number of hydrogen-bond donors (Lipinski definition) is 1. The molecule has 0 aliphatic heterocycles. The molecule has 1 aliphatic carbocycles. The van der Waals surface area contributed by atoms with Crippen LogP contribution in [-0.2, 0) is 10.2 Å². The van der Waals surface area contributed by atoms with Crippen molar-refractivity contribution in [3.05, 3.63) is 136 Å². The molecular weight excluding hydrogens is 613 g/mol. The zero-order chi connectivity index (χ0) is 33.8. The number of allylic oxidation sites excluding steroid dienone is 1. The van der Waals surface area contributed by atoms with Gasteiger partial charge in [0.05, 0.1) is 0 Å². The van der Waals surface area contributed by atoms with E-state index in [1.165, 1.54) is 39.7 Å². The molecular formula is C41H30N4O2S. The molecule has 48 heavy (non-hydrogen) atoms. The van der Waals surface area contributed by atoms with E-state index < -0.39 is 5.97 Å². The lowest BCUT2D eigenvalue weighted by atomic mass is 9.73. The number of para-hydroxylation sites is 1. The van der Waals surface area contributed by atoms with Crippen molar-refractivity contribution < 1.29 is 9.90 Å². The van der Waals surface area contributed by atoms with Crippen molar-refractivity contribution in [3.8, 4) is 39.8 Å². The van der Waals surface area contributed by atoms with Gasteiger partial charge in [-0.05, 0) is 113 Å². The van der Waals surface area contributed by atoms with Crippen LogP contribution in [0.1, 0.15) is 48.3 Å². The number of carboxylic acids is 1. The van der Waals surface area contributed by atoms with Crippen LogP contribution in [0.4, 0.5) is 17.1 Å². The quantitative estimate of drug-likeness (QED) is 0.126. The van der Waals surface area contributed by atoms with Crippen molar-refractivity contribution in [2.24, 2.45) is 0 Å². The van der Waals surface area contributed by atoms with Crippen molar-refractivity contribution in [2.75, 3.05) is 4.90 Å². The van der Waals surface area contributed by atoms with Gasteiger partial charge in [-0.3, -0.25) is 0 Å². The van der Waals surface area contributed by atoms with Crippen LogP contribution in [0, 0.1) is 34.0 Å². The summed E-state index contributed by atoms with van der Waals surface area (Å²) in [6, 6.07) is 40.8. The fraction of sp³-hybridized carbons (Fsp3) is 0.122. The maximum Gasteiger partial charge on any atom is 0.346 e. The predicted molar refractivity (Wildman–Crippen MR) is 192 cm³/mol. The number of aliphatic carboxylic acids is 1. The number of nitriles is 3. The third-order valence-electron chi connectivity index (χ3n) is 9.08. The molecule has 0 saturated heterocycles. The lowest BCUT2D eigenvalue weighted by Crippen LogP contribution is -2.23. The Balaban J connectivity index is 1.43. The molecule has 0 fully saturated rings. The third-order valence-corrected chi connectivity index (χ3v) is 10.2. The van der Waals surface area contributed by atoms with Gasteiger partial charge in [0.1, 0.15) is 29.4 Å². The van der Waals surface area contributed by atoms with E-state index in [9.17, 15) is 25.7 Å². The molecule has 7 heteroatoms. The summed E-state index contributed by atoms with van der Waals surface area (Å²) in [4.78, 5) is 15.3. The molecule has 0 saturated carbocycles. The van der Waals surface area contributed by atoms with Gasteiger partial charge >= 0.3 is 5.97 Å². The Hall–Kier alpha value is -6.20. The molecule has 0 spiro atoms. The van der Waals surface area contributed by atoms with E-state index in [0.29, 0.717) is 0 Å². The van der Waals surface area contributed by atoms with Gasteiger partial charge in [0.15, 0.2) is 0 Å². The molecule has 6 nitrogen and oxygen atoms in total. The standard InChI is InChI=1S/C41H30N4O2S/c1-3-41(4-2)37-22-29(39-19-16-34(48-39)21-30(26-44)40(46)47)12-17-35(37)36-18-15-33(23-38(36)41)45(31-8-6-5-7-9-31)32-13-10-27(11-14-32)20-28(24-42)25-43/h5-23H,3-4H2,1-2H3,(H,46,47)/b30-21+. The molecule has 0 unspecified atom stereocenters. The molecule has 6 rings (SSSR count). The SMILES string of the molecule is CCC1(CC)c2cc(-c3ccc(/C=C(\C#N)C(=O)O)s3)ccc2-c2ccc(N(c3ccccc3)c3ccc(C=C(C#N)C#N)cc3)cc21. The van der Waals surface area contributed by atoms with E-state index in [1.807, 2.05) is 66.7 Å². The van der Waals surface area contributed by atoms with Gasteiger partial charge in [0.25, 0.3) is 0 Å². The number of carboxylic acid groups (broad SMARTS) is 1. The van der Waals surface area contributed by atoms with Gasteiger partial charge in [-0.1, -0.05) is 62.4 Å². The first-order chi connectivity index (χ1) is 23.3. The van der Waals surface area contributed by atoms with E-state index in [0.717, 1.165) is 50.8 Å². The van der Waals surface area contributed by atoms with Gasteiger partial charge < -0.3 is 10.0 Å². The van der Waals surface area contributed by atoms with Gasteiger partial charge in [-0.2, -0.15) is 15.8 Å². The van der Waals surface area contributed by atoms with Gasteiger partial charge in [-0.25, -0.2) is 4.79 Å². The number of anilines is 3. The summed E-state index contributed by atoms with van der Waals surface area (Å²) < 4.78 is 0. The highest BCUT2D eigenvalue weighted by Gasteiger charge is 2.41. The Morgan fingerprint density at radius 3 is 2.00 bits per heavy atom. The van der Waals surface area contributed by atoms with Crippen LogP contribution in [0.25, 0.3) is 33.7 Å². The molecule has 1 N–H and O–H groups in total. The third kappa shape index (κ3) is 5.67. The second-order valence-corrected chi connectivity index (χ2v) is 12.6. The number of fused-ring (bicyclic) bond motifs is 3. The highest BCUT2D eigenvalue weighted by Crippen LogP contribution is 2.55. The minimum Gasteiger partial charge on any atom is -0.477 e. The average molecular weight is 643 g/mol. The number of nitrogens with zero attached hydrogens (tertiary/aromatic N) is 4. The van der Waals surface area contributed by atoms with E-state index in [1.54, 1.807) is 12.1 Å². The summed E-state index contributed by atoms with van der Waals surface area (Å²) in [5.41, 5.74) is 9.37. The first-order valence-corrected chi connectivity index (χ1v) is 16.4. The second kappa shape index (κ2) is 13.3. The molecule has 0 amide bonds. The summed E-state index contributed by atoms with van der Waals surface area (Å²) in [6.45, 7) is 4.48. The molecule has 4 aromatic carbocycles. The number of rotatable bonds is 9. The molecule has 1 heterocycles. The Kier molecular flexibility index (Phi) is 8.78. The first-order valence-electron chi connectivity index (χ1n) is 15.6. The zero-order valence-electron chi connectivity index (χ0n) is 26.4. The minimum atomic E-state index is -1.23. The van der Waals surface area contributed by atoms with Crippen LogP contribution in [0.2, 0.25) is 0 Å². The Bertz CT molecular complexity index is 2210. The number of benzene rings is 4. The summed E-state index contributed by atoms with van der Waals surface area (Å²) in [7, 11) is 0. The largest absolute Gasteiger partial charge is 0.477 e. The van der Waals surface area contributed by atoms with E-state index in [-0.39, 0.29) is 16.6 Å². The zero-order valence-corrected chi connectivity index (χ0v) is 27.3. The lowest BCUT2D eigenvalue weighted by Gasteiger charge is -2.32. The van der Waals surface area contributed by atoms with E-state index in [2.05, 4.69) is 67.3 Å². The highest BCUT2D eigenvalue weighted by atomic mass is 32.1. The Labute approximate surface area is 284 Å². The van der Waals surface area contributed by atoms with E-state index in [4.69, 9.17) is 0 Å². The van der Waals surface area contributed by atoms with Gasteiger partial charge in [0.2, 0.25) is 0 Å².